The molecular weight excluding hydrogens is 177 g/mol. The van der Waals surface area contributed by atoms with E-state index in [1.807, 2.05) is 0 Å². The van der Waals surface area contributed by atoms with E-state index >= 15 is 0 Å². The van der Waals surface area contributed by atoms with Crippen LogP contribution >= 0.6 is 0 Å². The van der Waals surface area contributed by atoms with Crippen molar-refractivity contribution in [3.05, 3.63) is 0 Å². The third-order valence-corrected chi connectivity index (χ3v) is 1.06. The summed E-state index contributed by atoms with van der Waals surface area (Å²) in [5.41, 5.74) is 4.79. The summed E-state index contributed by atoms with van der Waals surface area (Å²) in [4.78, 5) is 10.3. The Hall–Kier alpha value is -0.820. The largest absolute Gasteiger partial charge is 0.416 e. The Morgan fingerprint density at radius 3 is 2.42 bits per heavy atom. The molecule has 0 aliphatic heterocycles. The van der Waals surface area contributed by atoms with Crippen molar-refractivity contribution in [1.29, 1.82) is 0 Å². The predicted molar refractivity (Wildman–Crippen MR) is 34.1 cm³/mol. The molecule has 0 saturated heterocycles. The van der Waals surface area contributed by atoms with Gasteiger partial charge in [0.15, 0.2) is 6.10 Å². The minimum Gasteiger partial charge on any atom is -0.382 e. The fourth-order valence-electron chi connectivity index (χ4n) is 0.398. The van der Waals surface area contributed by atoms with Crippen LogP contribution in [0.2, 0.25) is 0 Å². The fraction of sp³-hybridized carbons (Fsp3) is 0.800. The van der Waals surface area contributed by atoms with Crippen LogP contribution < -0.4 is 11.1 Å². The molecule has 0 bridgehead atoms. The summed E-state index contributed by atoms with van der Waals surface area (Å²) in [6.45, 7) is -1.26. The number of rotatable bonds is 3. The molecule has 0 aromatic carbocycles. The lowest BCUT2D eigenvalue weighted by Gasteiger charge is -2.14. The molecule has 0 aromatic rings. The number of aliphatic hydroxyl groups excluding tert-OH is 1. The Kier molecular flexibility index (Phi) is 3.98. The predicted octanol–water partition coefficient (Wildman–Crippen LogP) is -1.02. The number of hydrogen-bond acceptors (Lipinski definition) is 3. The topological polar surface area (TPSA) is 75.4 Å². The second-order valence-electron chi connectivity index (χ2n) is 2.07. The van der Waals surface area contributed by atoms with Gasteiger partial charge in [-0.2, -0.15) is 13.2 Å². The molecule has 4 nitrogen and oxygen atoms in total. The summed E-state index contributed by atoms with van der Waals surface area (Å²) in [7, 11) is 0. The third kappa shape index (κ3) is 4.14. The van der Waals surface area contributed by atoms with E-state index in [0.717, 1.165) is 0 Å². The SMILES string of the molecule is NCC(=O)NC[C@@H](O)C(F)(F)F. The van der Waals surface area contributed by atoms with Gasteiger partial charge in [0, 0.05) is 0 Å². The lowest BCUT2D eigenvalue weighted by Crippen LogP contribution is -2.42. The summed E-state index contributed by atoms with van der Waals surface area (Å²) < 4.78 is 34.7. The Morgan fingerprint density at radius 2 is 2.08 bits per heavy atom. The van der Waals surface area contributed by atoms with Crippen LogP contribution in [-0.2, 0) is 4.79 Å². The average molecular weight is 186 g/mol. The van der Waals surface area contributed by atoms with Crippen molar-refractivity contribution < 1.29 is 23.1 Å². The van der Waals surface area contributed by atoms with Gasteiger partial charge in [-0.3, -0.25) is 4.79 Å². The first-order chi connectivity index (χ1) is 5.38. The van der Waals surface area contributed by atoms with Gasteiger partial charge >= 0.3 is 6.18 Å². The number of alkyl halides is 3. The van der Waals surface area contributed by atoms with Gasteiger partial charge in [-0.15, -0.1) is 0 Å². The maximum Gasteiger partial charge on any atom is 0.416 e. The van der Waals surface area contributed by atoms with E-state index in [0.29, 0.717) is 0 Å². The van der Waals surface area contributed by atoms with E-state index < -0.39 is 31.3 Å². The van der Waals surface area contributed by atoms with Crippen molar-refractivity contribution in [3.63, 3.8) is 0 Å². The average Bonchev–Trinajstić information content (AvgIpc) is 1.97. The number of aliphatic hydroxyl groups is 1. The molecule has 0 rings (SSSR count). The molecular formula is C5H9F3N2O2. The van der Waals surface area contributed by atoms with Crippen LogP contribution in [0.4, 0.5) is 13.2 Å². The number of carbonyl (C=O) groups excluding carboxylic acids is 1. The highest BCUT2D eigenvalue weighted by Gasteiger charge is 2.37. The van der Waals surface area contributed by atoms with Gasteiger partial charge in [0.05, 0.1) is 13.1 Å². The van der Waals surface area contributed by atoms with E-state index in [1.54, 1.807) is 5.32 Å². The molecule has 0 unspecified atom stereocenters. The summed E-state index contributed by atoms with van der Waals surface area (Å²) in [6.07, 6.45) is -7.24. The third-order valence-electron chi connectivity index (χ3n) is 1.06. The minimum atomic E-state index is -4.71. The monoisotopic (exact) mass is 186 g/mol. The zero-order chi connectivity index (χ0) is 9.78. The Morgan fingerprint density at radius 1 is 1.58 bits per heavy atom. The standard InChI is InChI=1S/C5H9F3N2O2/c6-5(7,8)3(11)2-10-4(12)1-9/h3,11H,1-2,9H2,(H,10,12)/t3-/m1/s1. The van der Waals surface area contributed by atoms with Crippen molar-refractivity contribution in [2.75, 3.05) is 13.1 Å². The summed E-state index contributed by atoms with van der Waals surface area (Å²) >= 11 is 0. The first-order valence-corrected chi connectivity index (χ1v) is 3.09. The van der Waals surface area contributed by atoms with Crippen LogP contribution in [0.5, 0.6) is 0 Å². The van der Waals surface area contributed by atoms with Crippen LogP contribution in [0.1, 0.15) is 0 Å². The van der Waals surface area contributed by atoms with Crippen molar-refractivity contribution in [2.45, 2.75) is 12.3 Å². The second-order valence-corrected chi connectivity index (χ2v) is 2.07. The van der Waals surface area contributed by atoms with E-state index in [9.17, 15) is 18.0 Å². The first kappa shape index (κ1) is 11.2. The molecule has 0 aliphatic rings. The van der Waals surface area contributed by atoms with E-state index in [4.69, 9.17) is 10.8 Å². The van der Waals surface area contributed by atoms with Crippen molar-refractivity contribution in [1.82, 2.24) is 5.32 Å². The van der Waals surface area contributed by atoms with Gasteiger partial charge in [-0.1, -0.05) is 0 Å². The van der Waals surface area contributed by atoms with Crippen molar-refractivity contribution in [3.8, 4) is 0 Å². The summed E-state index contributed by atoms with van der Waals surface area (Å²) in [5, 5.41) is 10.2. The molecule has 0 fully saturated rings. The van der Waals surface area contributed by atoms with Gasteiger partial charge in [-0.05, 0) is 0 Å². The smallest absolute Gasteiger partial charge is 0.382 e. The van der Waals surface area contributed by atoms with Gasteiger partial charge in [0.2, 0.25) is 5.91 Å². The zero-order valence-electron chi connectivity index (χ0n) is 6.06. The van der Waals surface area contributed by atoms with Gasteiger partial charge < -0.3 is 16.2 Å². The Bertz CT molecular complexity index is 159. The van der Waals surface area contributed by atoms with Crippen LogP contribution in [0.15, 0.2) is 0 Å². The molecule has 0 radical (unpaired) electrons. The van der Waals surface area contributed by atoms with Crippen LogP contribution in [0, 0.1) is 0 Å². The van der Waals surface area contributed by atoms with Crippen LogP contribution in [0.25, 0.3) is 0 Å². The molecule has 12 heavy (non-hydrogen) atoms. The Labute approximate surface area is 66.5 Å². The summed E-state index contributed by atoms with van der Waals surface area (Å²) in [5.74, 6) is -0.738. The number of nitrogens with one attached hydrogen (secondary N) is 1. The lowest BCUT2D eigenvalue weighted by molar-refractivity contribution is -0.201. The van der Waals surface area contributed by atoms with Crippen molar-refractivity contribution in [2.24, 2.45) is 5.73 Å². The number of halogens is 3. The molecule has 72 valence electrons. The molecule has 0 spiro atoms. The molecule has 0 aromatic heterocycles. The highest BCUT2D eigenvalue weighted by atomic mass is 19.4. The number of amides is 1. The fourth-order valence-corrected chi connectivity index (χ4v) is 0.398. The lowest BCUT2D eigenvalue weighted by atomic mass is 10.3. The second kappa shape index (κ2) is 4.27. The molecule has 1 atom stereocenters. The molecule has 0 heterocycles. The van der Waals surface area contributed by atoms with E-state index in [1.165, 1.54) is 0 Å². The van der Waals surface area contributed by atoms with Gasteiger partial charge in [-0.25, -0.2) is 0 Å². The normalized spacial score (nSPS) is 14.1. The highest BCUT2D eigenvalue weighted by molar-refractivity contribution is 5.77. The highest BCUT2D eigenvalue weighted by Crippen LogP contribution is 2.18. The number of nitrogens with two attached hydrogens (primary N) is 1. The quantitative estimate of drug-likeness (QED) is 0.528. The minimum absolute atomic E-state index is 0.398. The molecule has 0 saturated carbocycles. The maximum atomic E-state index is 11.6. The molecule has 7 heteroatoms. The summed E-state index contributed by atoms with van der Waals surface area (Å²) in [6, 6.07) is 0. The maximum absolute atomic E-state index is 11.6. The van der Waals surface area contributed by atoms with Gasteiger partial charge in [0.25, 0.3) is 0 Å². The van der Waals surface area contributed by atoms with E-state index in [-0.39, 0.29) is 0 Å². The molecule has 4 N–H and O–H groups in total. The van der Waals surface area contributed by atoms with Crippen LogP contribution in [0.3, 0.4) is 0 Å². The number of carbonyl (C=O) groups is 1. The molecule has 0 aliphatic carbocycles. The molecule has 1 amide bonds. The van der Waals surface area contributed by atoms with Crippen molar-refractivity contribution >= 4 is 5.91 Å². The van der Waals surface area contributed by atoms with Crippen LogP contribution in [-0.4, -0.2) is 36.4 Å². The van der Waals surface area contributed by atoms with E-state index in [2.05, 4.69) is 0 Å². The first-order valence-electron chi connectivity index (χ1n) is 3.09. The Balaban J connectivity index is 3.72. The van der Waals surface area contributed by atoms with Gasteiger partial charge in [0.1, 0.15) is 0 Å². The zero-order valence-corrected chi connectivity index (χ0v) is 6.06. The number of hydrogen-bond donors (Lipinski definition) is 3.